The molecule has 1 aromatic heterocycles. The Morgan fingerprint density at radius 3 is 2.12 bits per heavy atom. The van der Waals surface area contributed by atoms with Gasteiger partial charge in [0.2, 0.25) is 0 Å². The molecule has 0 bridgehead atoms. The van der Waals surface area contributed by atoms with E-state index in [1.807, 2.05) is 12.1 Å². The quantitative estimate of drug-likeness (QED) is 0.295. The second-order valence-corrected chi connectivity index (χ2v) is 9.66. The maximum absolute atomic E-state index is 11.4. The molecule has 0 saturated heterocycles. The molecule has 32 heavy (non-hydrogen) atoms. The van der Waals surface area contributed by atoms with E-state index in [1.165, 1.54) is 0 Å². The molecule has 0 fully saturated rings. The number of fused-ring (bicyclic) bond motifs is 1. The van der Waals surface area contributed by atoms with Gasteiger partial charge in [-0.25, -0.2) is 4.98 Å². The fourth-order valence-corrected chi connectivity index (χ4v) is 4.85. The molecular formula is C25H28Cl4N2O. The van der Waals surface area contributed by atoms with Gasteiger partial charge < -0.3 is 10.0 Å². The van der Waals surface area contributed by atoms with Crippen LogP contribution >= 0.6 is 46.4 Å². The second-order valence-electron chi connectivity index (χ2n) is 8.00. The van der Waals surface area contributed by atoms with Crippen LogP contribution in [0.25, 0.3) is 22.2 Å². The smallest absolute Gasteiger partial charge is 0.0938 e. The zero-order valence-electron chi connectivity index (χ0n) is 18.3. The fraction of sp³-hybridized carbons (Fsp3) is 0.400. The largest absolute Gasteiger partial charge is 0.387 e. The minimum atomic E-state index is -0.817. The Bertz CT molecular complexity index is 1050. The number of aromatic nitrogens is 1. The Kier molecular flexibility index (Phi) is 9.48. The molecule has 3 nitrogen and oxygen atoms in total. The molecule has 0 saturated carbocycles. The number of aliphatic hydroxyl groups is 1. The van der Waals surface area contributed by atoms with Crippen molar-refractivity contribution in [2.75, 3.05) is 19.6 Å². The van der Waals surface area contributed by atoms with Crippen molar-refractivity contribution in [2.24, 2.45) is 0 Å². The van der Waals surface area contributed by atoms with Crippen molar-refractivity contribution in [3.63, 3.8) is 0 Å². The van der Waals surface area contributed by atoms with E-state index < -0.39 is 6.10 Å². The van der Waals surface area contributed by atoms with Gasteiger partial charge in [0.05, 0.1) is 27.4 Å². The summed E-state index contributed by atoms with van der Waals surface area (Å²) in [7, 11) is 0. The molecule has 2 aromatic carbocycles. The van der Waals surface area contributed by atoms with Crippen LogP contribution in [0.2, 0.25) is 20.1 Å². The number of aliphatic hydroxyl groups excluding tert-OH is 1. The van der Waals surface area contributed by atoms with E-state index in [-0.39, 0.29) is 0 Å². The second kappa shape index (κ2) is 11.9. The Hall–Kier alpha value is -1.07. The number of benzene rings is 2. The molecule has 1 N–H and O–H groups in total. The maximum Gasteiger partial charge on any atom is 0.0938 e. The van der Waals surface area contributed by atoms with Crippen LogP contribution in [0.4, 0.5) is 0 Å². The van der Waals surface area contributed by atoms with Crippen LogP contribution in [-0.4, -0.2) is 34.6 Å². The minimum Gasteiger partial charge on any atom is -0.387 e. The Labute approximate surface area is 210 Å². The number of pyridine rings is 1. The van der Waals surface area contributed by atoms with Gasteiger partial charge in [-0.2, -0.15) is 0 Å². The third-order valence-corrected chi connectivity index (χ3v) is 6.67. The molecule has 0 spiro atoms. The lowest BCUT2D eigenvalue weighted by Crippen LogP contribution is -2.31. The predicted molar refractivity (Wildman–Crippen MR) is 138 cm³/mol. The number of hydrogen-bond acceptors (Lipinski definition) is 3. The van der Waals surface area contributed by atoms with Crippen molar-refractivity contribution < 1.29 is 5.11 Å². The molecule has 0 radical (unpaired) electrons. The van der Waals surface area contributed by atoms with Gasteiger partial charge >= 0.3 is 0 Å². The van der Waals surface area contributed by atoms with Crippen LogP contribution in [0.3, 0.4) is 0 Å². The first kappa shape index (κ1) is 25.6. The summed E-state index contributed by atoms with van der Waals surface area (Å²) in [5.74, 6) is 0. The predicted octanol–water partition coefficient (Wildman–Crippen LogP) is 8.45. The first-order valence-electron chi connectivity index (χ1n) is 11.0. The minimum absolute atomic E-state index is 0.400. The number of nitrogens with zero attached hydrogens (tertiary/aromatic N) is 2. The van der Waals surface area contributed by atoms with E-state index >= 15 is 0 Å². The van der Waals surface area contributed by atoms with Crippen LogP contribution < -0.4 is 0 Å². The highest BCUT2D eigenvalue weighted by Gasteiger charge is 2.24. The van der Waals surface area contributed by atoms with Crippen molar-refractivity contribution >= 4 is 57.3 Å². The van der Waals surface area contributed by atoms with Gasteiger partial charge in [0.15, 0.2) is 0 Å². The van der Waals surface area contributed by atoms with Gasteiger partial charge in [-0.3, -0.25) is 0 Å². The zero-order chi connectivity index (χ0) is 23.3. The SMILES string of the molecule is CCCCN(CCCC)CC(O)c1c(Cl)c(-c2ccc(Cl)cc2)nc2c(Cl)cc(Cl)cc12. The molecule has 1 unspecified atom stereocenters. The topological polar surface area (TPSA) is 36.4 Å². The summed E-state index contributed by atoms with van der Waals surface area (Å²) in [5.41, 5.74) is 2.52. The van der Waals surface area contributed by atoms with Crippen molar-refractivity contribution in [1.29, 1.82) is 0 Å². The summed E-state index contributed by atoms with van der Waals surface area (Å²) in [5, 5.41) is 14.0. The van der Waals surface area contributed by atoms with Crippen LogP contribution in [0.5, 0.6) is 0 Å². The Balaban J connectivity index is 2.12. The van der Waals surface area contributed by atoms with E-state index in [9.17, 15) is 5.11 Å². The number of rotatable bonds is 10. The zero-order valence-corrected chi connectivity index (χ0v) is 21.4. The van der Waals surface area contributed by atoms with Gasteiger partial charge in [-0.05, 0) is 50.2 Å². The average Bonchev–Trinajstić information content (AvgIpc) is 2.75. The normalized spacial score (nSPS) is 12.6. The molecule has 3 rings (SSSR count). The molecule has 3 aromatic rings. The maximum atomic E-state index is 11.4. The fourth-order valence-electron chi connectivity index (χ4n) is 3.81. The third kappa shape index (κ3) is 6.08. The Morgan fingerprint density at radius 2 is 1.53 bits per heavy atom. The van der Waals surface area contributed by atoms with Crippen molar-refractivity contribution in [1.82, 2.24) is 9.88 Å². The van der Waals surface area contributed by atoms with Crippen molar-refractivity contribution in [3.05, 3.63) is 62.1 Å². The van der Waals surface area contributed by atoms with Crippen molar-refractivity contribution in [3.8, 4) is 11.3 Å². The Morgan fingerprint density at radius 1 is 0.906 bits per heavy atom. The van der Waals surface area contributed by atoms with E-state index in [0.29, 0.717) is 48.8 Å². The third-order valence-electron chi connectivity index (χ3n) is 5.52. The van der Waals surface area contributed by atoms with Crippen molar-refractivity contribution in [2.45, 2.75) is 45.6 Å². The van der Waals surface area contributed by atoms with Gasteiger partial charge in [0.1, 0.15) is 0 Å². The molecular weight excluding hydrogens is 486 g/mol. The molecule has 172 valence electrons. The first-order valence-corrected chi connectivity index (χ1v) is 12.5. The van der Waals surface area contributed by atoms with Crippen LogP contribution in [-0.2, 0) is 0 Å². The van der Waals surface area contributed by atoms with E-state index in [2.05, 4.69) is 18.7 Å². The summed E-state index contributed by atoms with van der Waals surface area (Å²) >= 11 is 25.8. The van der Waals surface area contributed by atoms with Gasteiger partial charge in [-0.1, -0.05) is 85.2 Å². The van der Waals surface area contributed by atoms with Gasteiger partial charge in [0.25, 0.3) is 0 Å². The van der Waals surface area contributed by atoms with E-state index in [0.717, 1.165) is 44.3 Å². The van der Waals surface area contributed by atoms with E-state index in [1.54, 1.807) is 24.3 Å². The number of halogens is 4. The average molecular weight is 514 g/mol. The van der Waals surface area contributed by atoms with Gasteiger partial charge in [0, 0.05) is 33.1 Å². The number of unbranched alkanes of at least 4 members (excludes halogenated alkanes) is 2. The monoisotopic (exact) mass is 512 g/mol. The first-order chi connectivity index (χ1) is 15.3. The standard InChI is InChI=1S/C25H28Cl4N2O/c1-3-5-11-31(12-6-4-2)15-21(32)22-19-13-18(27)14-20(28)25(19)30-24(23(22)29)16-7-9-17(26)10-8-16/h7-10,13-14,21,32H,3-6,11-12,15H2,1-2H3. The molecule has 7 heteroatoms. The summed E-state index contributed by atoms with van der Waals surface area (Å²) < 4.78 is 0. The molecule has 0 aliphatic heterocycles. The molecule has 1 heterocycles. The lowest BCUT2D eigenvalue weighted by atomic mass is 9.99. The van der Waals surface area contributed by atoms with E-state index in [4.69, 9.17) is 51.4 Å². The molecule has 0 amide bonds. The summed E-state index contributed by atoms with van der Waals surface area (Å²) in [6.45, 7) is 6.68. The highest BCUT2D eigenvalue weighted by Crippen LogP contribution is 2.41. The summed E-state index contributed by atoms with van der Waals surface area (Å²) in [6.07, 6.45) is 3.54. The molecule has 0 aliphatic rings. The summed E-state index contributed by atoms with van der Waals surface area (Å²) in [6, 6.07) is 10.7. The van der Waals surface area contributed by atoms with Crippen LogP contribution in [0.15, 0.2) is 36.4 Å². The van der Waals surface area contributed by atoms with Gasteiger partial charge in [-0.15, -0.1) is 0 Å². The molecule has 0 aliphatic carbocycles. The highest BCUT2D eigenvalue weighted by molar-refractivity contribution is 6.40. The van der Waals surface area contributed by atoms with Crippen LogP contribution in [0, 0.1) is 0 Å². The molecule has 1 atom stereocenters. The van der Waals surface area contributed by atoms with Crippen LogP contribution in [0.1, 0.15) is 51.2 Å². The highest BCUT2D eigenvalue weighted by atomic mass is 35.5. The number of hydrogen-bond donors (Lipinski definition) is 1. The summed E-state index contributed by atoms with van der Waals surface area (Å²) in [4.78, 5) is 7.05. The lowest BCUT2D eigenvalue weighted by molar-refractivity contribution is 0.112. The lowest BCUT2D eigenvalue weighted by Gasteiger charge is -2.26.